The highest BCUT2D eigenvalue weighted by Gasteiger charge is 2.36. The van der Waals surface area contributed by atoms with Crippen LogP contribution in [0.2, 0.25) is 0 Å². The molecule has 9 heteroatoms. The number of carbonyl (C=O) groups is 2. The molecule has 1 aliphatic heterocycles. The molecule has 4 aromatic rings. The predicted molar refractivity (Wildman–Crippen MR) is 131 cm³/mol. The molecule has 5 rings (SSSR count). The normalized spacial score (nSPS) is 14.8. The summed E-state index contributed by atoms with van der Waals surface area (Å²) >= 11 is 1.50. The summed E-state index contributed by atoms with van der Waals surface area (Å²) in [7, 11) is 0. The molecule has 0 N–H and O–H groups in total. The van der Waals surface area contributed by atoms with Gasteiger partial charge in [0.25, 0.3) is 0 Å². The summed E-state index contributed by atoms with van der Waals surface area (Å²) in [5, 5.41) is 10.1. The summed E-state index contributed by atoms with van der Waals surface area (Å²) in [6, 6.07) is 15.0. The Morgan fingerprint density at radius 1 is 1.03 bits per heavy atom. The molecule has 172 valence electrons. The number of rotatable bonds is 4. The second-order valence-corrected chi connectivity index (χ2v) is 9.03. The highest BCUT2D eigenvalue weighted by molar-refractivity contribution is 7.99. The number of hydrogen-bond donors (Lipinski definition) is 0. The molecule has 1 amide bonds. The summed E-state index contributed by atoms with van der Waals surface area (Å²) < 4.78 is 8.05. The van der Waals surface area contributed by atoms with Crippen LogP contribution in [0.4, 0.5) is 5.69 Å². The van der Waals surface area contributed by atoms with Crippen molar-refractivity contribution in [2.24, 2.45) is 0 Å². The zero-order valence-electron chi connectivity index (χ0n) is 19.1. The molecule has 0 aliphatic carbocycles. The average molecular weight is 474 g/mol. The monoisotopic (exact) mass is 473 g/mol. The first-order chi connectivity index (χ1) is 16.5. The second kappa shape index (κ2) is 8.90. The van der Waals surface area contributed by atoms with Crippen molar-refractivity contribution in [3.05, 3.63) is 60.3 Å². The van der Waals surface area contributed by atoms with Crippen LogP contribution < -0.4 is 9.64 Å². The van der Waals surface area contributed by atoms with Gasteiger partial charge in [0.15, 0.2) is 5.69 Å². The van der Waals surface area contributed by atoms with E-state index in [0.717, 1.165) is 23.1 Å². The van der Waals surface area contributed by atoms with Crippen molar-refractivity contribution in [3.8, 4) is 17.1 Å². The lowest BCUT2D eigenvalue weighted by molar-refractivity contribution is -0.118. The molecule has 0 bridgehead atoms. The molecular formula is C25H23N5O3S. The number of para-hydroxylation sites is 2. The van der Waals surface area contributed by atoms with Gasteiger partial charge in [0.1, 0.15) is 0 Å². The largest absolute Gasteiger partial charge is 0.447 e. The van der Waals surface area contributed by atoms with Gasteiger partial charge in [-0.25, -0.2) is 0 Å². The van der Waals surface area contributed by atoms with Gasteiger partial charge in [-0.3, -0.25) is 19.1 Å². The van der Waals surface area contributed by atoms with E-state index in [1.165, 1.54) is 25.6 Å². The number of fused-ring (bicyclic) bond motifs is 4. The summed E-state index contributed by atoms with van der Waals surface area (Å²) in [6.07, 6.45) is 1.86. The number of carbonyl (C=O) groups excluding carboxylic acids is 2. The maximum atomic E-state index is 13.0. The maximum absolute atomic E-state index is 13.0. The fourth-order valence-electron chi connectivity index (χ4n) is 4.17. The third kappa shape index (κ3) is 3.71. The average Bonchev–Trinajstić information content (AvgIpc) is 3.15. The van der Waals surface area contributed by atoms with Gasteiger partial charge < -0.3 is 4.74 Å². The molecule has 34 heavy (non-hydrogen) atoms. The van der Waals surface area contributed by atoms with Gasteiger partial charge in [-0.15, -0.1) is 10.2 Å². The minimum atomic E-state index is -0.855. The third-order valence-electron chi connectivity index (χ3n) is 5.63. The van der Waals surface area contributed by atoms with Crippen molar-refractivity contribution in [1.29, 1.82) is 0 Å². The number of ether oxygens (including phenoxy) is 1. The minimum absolute atomic E-state index is 0.131. The van der Waals surface area contributed by atoms with E-state index in [2.05, 4.69) is 22.1 Å². The molecule has 3 heterocycles. The van der Waals surface area contributed by atoms with E-state index in [1.807, 2.05) is 48.5 Å². The minimum Gasteiger partial charge on any atom is -0.447 e. The standard InChI is InChI=1S/C25H23N5O3S/c1-4-13-34-25-26-23-22(27-28-25)18-10-6-8-12-21(18)30(16(3)32)24(33-23)19-14-29(15(2)31)20-11-7-5-9-17(19)20/h5-12,14,24H,4,13H2,1-3H3. The van der Waals surface area contributed by atoms with Gasteiger partial charge in [-0.1, -0.05) is 55.1 Å². The van der Waals surface area contributed by atoms with Gasteiger partial charge in [0.05, 0.1) is 11.2 Å². The van der Waals surface area contributed by atoms with Gasteiger partial charge in [0, 0.05) is 42.3 Å². The summed E-state index contributed by atoms with van der Waals surface area (Å²) in [5.74, 6) is 0.813. The fourth-order valence-corrected chi connectivity index (χ4v) is 4.81. The lowest BCUT2D eigenvalue weighted by Crippen LogP contribution is -2.36. The topological polar surface area (TPSA) is 90.2 Å². The molecule has 8 nitrogen and oxygen atoms in total. The number of anilines is 1. The Morgan fingerprint density at radius 3 is 2.56 bits per heavy atom. The van der Waals surface area contributed by atoms with E-state index < -0.39 is 6.23 Å². The van der Waals surface area contributed by atoms with Gasteiger partial charge in [-0.2, -0.15) is 4.98 Å². The molecule has 0 spiro atoms. The van der Waals surface area contributed by atoms with E-state index in [9.17, 15) is 9.59 Å². The van der Waals surface area contributed by atoms with Gasteiger partial charge >= 0.3 is 0 Å². The molecule has 2 aromatic heterocycles. The van der Waals surface area contributed by atoms with E-state index in [0.29, 0.717) is 33.5 Å². The van der Waals surface area contributed by atoms with Crippen LogP contribution >= 0.6 is 11.8 Å². The Labute approximate surface area is 201 Å². The number of aromatic nitrogens is 4. The summed E-state index contributed by atoms with van der Waals surface area (Å²) in [5.41, 5.74) is 3.25. The van der Waals surface area contributed by atoms with Gasteiger partial charge in [0.2, 0.25) is 29.1 Å². The SMILES string of the molecule is CCCSc1nnc2c(n1)OC(c1cn(C(C)=O)c3ccccc13)N(C(C)=O)c1ccccc1-2. The smallest absolute Gasteiger partial charge is 0.247 e. The first-order valence-corrected chi connectivity index (χ1v) is 12.0. The Kier molecular flexibility index (Phi) is 5.79. The van der Waals surface area contributed by atoms with Crippen molar-refractivity contribution < 1.29 is 14.3 Å². The van der Waals surface area contributed by atoms with E-state index in [4.69, 9.17) is 4.74 Å². The van der Waals surface area contributed by atoms with Crippen molar-refractivity contribution in [2.45, 2.75) is 38.6 Å². The predicted octanol–water partition coefficient (Wildman–Crippen LogP) is 5.10. The number of amides is 1. The quantitative estimate of drug-likeness (QED) is 0.381. The zero-order chi connectivity index (χ0) is 23.8. The van der Waals surface area contributed by atoms with Crippen LogP contribution in [0.1, 0.15) is 43.8 Å². The number of nitrogens with zero attached hydrogens (tertiary/aromatic N) is 5. The summed E-state index contributed by atoms with van der Waals surface area (Å²) in [4.78, 5) is 31.7. The zero-order valence-corrected chi connectivity index (χ0v) is 19.9. The molecule has 0 saturated carbocycles. The molecule has 1 aliphatic rings. The van der Waals surface area contributed by atoms with Crippen LogP contribution in [0, 0.1) is 0 Å². The summed E-state index contributed by atoms with van der Waals surface area (Å²) in [6.45, 7) is 5.09. The molecule has 0 fully saturated rings. The highest BCUT2D eigenvalue weighted by Crippen LogP contribution is 2.44. The number of hydrogen-bond acceptors (Lipinski definition) is 7. The van der Waals surface area contributed by atoms with Crippen LogP contribution in [-0.2, 0) is 4.79 Å². The molecular weight excluding hydrogens is 450 g/mol. The fraction of sp³-hybridized carbons (Fsp3) is 0.240. The Balaban J connectivity index is 1.76. The van der Waals surface area contributed by atoms with Crippen LogP contribution in [0.3, 0.4) is 0 Å². The van der Waals surface area contributed by atoms with Crippen LogP contribution in [-0.4, -0.2) is 37.3 Å². The first-order valence-electron chi connectivity index (χ1n) is 11.0. The van der Waals surface area contributed by atoms with Crippen LogP contribution in [0.25, 0.3) is 22.2 Å². The van der Waals surface area contributed by atoms with Crippen molar-refractivity contribution in [1.82, 2.24) is 19.7 Å². The second-order valence-electron chi connectivity index (χ2n) is 7.96. The first kappa shape index (κ1) is 22.1. The van der Waals surface area contributed by atoms with Gasteiger partial charge in [-0.05, 0) is 18.6 Å². The maximum Gasteiger partial charge on any atom is 0.247 e. The number of thioether (sulfide) groups is 1. The number of benzene rings is 2. The van der Waals surface area contributed by atoms with E-state index in [-0.39, 0.29) is 11.8 Å². The van der Waals surface area contributed by atoms with E-state index >= 15 is 0 Å². The lowest BCUT2D eigenvalue weighted by Gasteiger charge is -2.29. The molecule has 1 unspecified atom stereocenters. The molecule has 2 aromatic carbocycles. The van der Waals surface area contributed by atoms with Crippen molar-refractivity contribution >= 4 is 40.2 Å². The highest BCUT2D eigenvalue weighted by atomic mass is 32.2. The Hall–Kier alpha value is -3.72. The van der Waals surface area contributed by atoms with E-state index in [1.54, 1.807) is 15.7 Å². The van der Waals surface area contributed by atoms with Crippen LogP contribution in [0.5, 0.6) is 5.88 Å². The molecule has 0 radical (unpaired) electrons. The Morgan fingerprint density at radius 2 is 1.79 bits per heavy atom. The molecule has 1 atom stereocenters. The Bertz CT molecular complexity index is 1420. The third-order valence-corrected chi connectivity index (χ3v) is 6.68. The molecule has 0 saturated heterocycles. The lowest BCUT2D eigenvalue weighted by atomic mass is 10.1. The van der Waals surface area contributed by atoms with Crippen molar-refractivity contribution in [3.63, 3.8) is 0 Å². The van der Waals surface area contributed by atoms with Crippen molar-refractivity contribution in [2.75, 3.05) is 10.7 Å². The van der Waals surface area contributed by atoms with Crippen LogP contribution in [0.15, 0.2) is 59.9 Å².